The lowest BCUT2D eigenvalue weighted by molar-refractivity contribution is 0.0702. The summed E-state index contributed by atoms with van der Waals surface area (Å²) in [4.78, 5) is 14.6. The van der Waals surface area contributed by atoms with Crippen LogP contribution in [0.15, 0.2) is 6.20 Å². The number of thiazole rings is 1. The molecule has 0 amide bonds. The highest BCUT2D eigenvalue weighted by molar-refractivity contribution is 7.13. The Bertz CT molecular complexity index is 271. The number of methoxy groups -OCH3 is 1. The lowest BCUT2D eigenvalue weighted by Gasteiger charge is -1.91. The molecule has 1 heterocycles. The van der Waals surface area contributed by atoms with Crippen molar-refractivity contribution < 1.29 is 14.6 Å². The number of carbonyl (C=O) groups is 1. The molecule has 0 spiro atoms. The van der Waals surface area contributed by atoms with E-state index >= 15 is 0 Å². The Hall–Kier alpha value is -0.940. The van der Waals surface area contributed by atoms with Crippen LogP contribution in [-0.2, 0) is 11.2 Å². The van der Waals surface area contributed by atoms with Gasteiger partial charge in [0.1, 0.15) is 4.88 Å². The Morgan fingerprint density at radius 3 is 3.08 bits per heavy atom. The molecule has 0 aliphatic heterocycles. The molecule has 0 aliphatic carbocycles. The van der Waals surface area contributed by atoms with Crippen molar-refractivity contribution in [2.24, 2.45) is 0 Å². The predicted molar refractivity (Wildman–Crippen MR) is 44.7 cm³/mol. The molecule has 1 aromatic rings. The molecular weight excluding hydrogens is 178 g/mol. The van der Waals surface area contributed by atoms with E-state index in [9.17, 15) is 4.79 Å². The number of carboxylic acids is 1. The third kappa shape index (κ3) is 2.28. The molecule has 0 aliphatic rings. The van der Waals surface area contributed by atoms with Crippen LogP contribution >= 0.6 is 11.3 Å². The first-order valence-electron chi connectivity index (χ1n) is 3.41. The summed E-state index contributed by atoms with van der Waals surface area (Å²) in [5.74, 6) is -0.920. The van der Waals surface area contributed by atoms with Gasteiger partial charge in [-0.2, -0.15) is 0 Å². The van der Waals surface area contributed by atoms with Crippen LogP contribution in [0.5, 0.6) is 0 Å². The van der Waals surface area contributed by atoms with Gasteiger partial charge in [0.25, 0.3) is 0 Å². The molecule has 1 rings (SSSR count). The first-order chi connectivity index (χ1) is 5.74. The molecular formula is C7H9NO3S. The summed E-state index contributed by atoms with van der Waals surface area (Å²) in [5, 5.41) is 9.36. The minimum Gasteiger partial charge on any atom is -0.477 e. The largest absolute Gasteiger partial charge is 0.477 e. The molecule has 0 atom stereocenters. The van der Waals surface area contributed by atoms with Gasteiger partial charge in [-0.25, -0.2) is 9.78 Å². The van der Waals surface area contributed by atoms with Gasteiger partial charge in [-0.3, -0.25) is 0 Å². The summed E-state index contributed by atoms with van der Waals surface area (Å²) in [6.45, 7) is 0.576. The zero-order chi connectivity index (χ0) is 8.97. The van der Waals surface area contributed by atoms with E-state index in [4.69, 9.17) is 9.84 Å². The number of hydrogen-bond acceptors (Lipinski definition) is 4. The standard InChI is InChI=1S/C7H9NO3S/c1-11-3-2-6-8-4-5(12-6)7(9)10/h4H,2-3H2,1H3,(H,9,10). The minimum atomic E-state index is -0.920. The smallest absolute Gasteiger partial charge is 0.347 e. The molecule has 1 aromatic heterocycles. The van der Waals surface area contributed by atoms with Crippen LogP contribution in [-0.4, -0.2) is 29.8 Å². The van der Waals surface area contributed by atoms with E-state index < -0.39 is 5.97 Å². The number of aromatic nitrogens is 1. The molecule has 0 radical (unpaired) electrons. The van der Waals surface area contributed by atoms with E-state index in [0.717, 1.165) is 5.01 Å². The van der Waals surface area contributed by atoms with Crippen molar-refractivity contribution in [3.8, 4) is 0 Å². The summed E-state index contributed by atoms with van der Waals surface area (Å²) in [6, 6.07) is 0. The molecule has 5 heteroatoms. The van der Waals surface area contributed by atoms with Gasteiger partial charge < -0.3 is 9.84 Å². The summed E-state index contributed by atoms with van der Waals surface area (Å²) in [7, 11) is 1.60. The first-order valence-corrected chi connectivity index (χ1v) is 4.22. The number of hydrogen-bond donors (Lipinski definition) is 1. The van der Waals surface area contributed by atoms with Crippen molar-refractivity contribution in [3.05, 3.63) is 16.1 Å². The molecule has 4 nitrogen and oxygen atoms in total. The van der Waals surface area contributed by atoms with Gasteiger partial charge in [0, 0.05) is 13.5 Å². The minimum absolute atomic E-state index is 0.279. The van der Waals surface area contributed by atoms with Gasteiger partial charge in [-0.1, -0.05) is 0 Å². The van der Waals surface area contributed by atoms with Crippen LogP contribution in [0.1, 0.15) is 14.7 Å². The van der Waals surface area contributed by atoms with Gasteiger partial charge in [0.2, 0.25) is 0 Å². The third-order valence-electron chi connectivity index (χ3n) is 1.28. The fraction of sp³-hybridized carbons (Fsp3) is 0.429. The molecule has 1 N–H and O–H groups in total. The fourth-order valence-electron chi connectivity index (χ4n) is 0.714. The van der Waals surface area contributed by atoms with Crippen molar-refractivity contribution in [3.63, 3.8) is 0 Å². The maximum absolute atomic E-state index is 10.4. The average Bonchev–Trinajstić information content (AvgIpc) is 2.48. The highest BCUT2D eigenvalue weighted by atomic mass is 32.1. The second kappa shape index (κ2) is 4.18. The Balaban J connectivity index is 2.58. The predicted octanol–water partition coefficient (Wildman–Crippen LogP) is 1.03. The van der Waals surface area contributed by atoms with Gasteiger partial charge >= 0.3 is 5.97 Å². The number of aromatic carboxylic acids is 1. The molecule has 0 saturated carbocycles. The van der Waals surface area contributed by atoms with Gasteiger partial charge in [-0.05, 0) is 0 Å². The normalized spacial score (nSPS) is 10.1. The van der Waals surface area contributed by atoms with Crippen molar-refractivity contribution in [2.75, 3.05) is 13.7 Å². The number of nitrogens with zero attached hydrogens (tertiary/aromatic N) is 1. The van der Waals surface area contributed by atoms with Crippen molar-refractivity contribution in [1.29, 1.82) is 0 Å². The fourth-order valence-corrected chi connectivity index (χ4v) is 1.45. The summed E-state index contributed by atoms with van der Waals surface area (Å²) >= 11 is 1.19. The van der Waals surface area contributed by atoms with Crippen LogP contribution in [0, 0.1) is 0 Å². The van der Waals surface area contributed by atoms with E-state index in [-0.39, 0.29) is 4.88 Å². The van der Waals surface area contributed by atoms with Gasteiger partial charge in [0.15, 0.2) is 0 Å². The van der Waals surface area contributed by atoms with Crippen molar-refractivity contribution in [2.45, 2.75) is 6.42 Å². The zero-order valence-corrected chi connectivity index (χ0v) is 7.43. The van der Waals surface area contributed by atoms with Gasteiger partial charge in [0.05, 0.1) is 17.8 Å². The zero-order valence-electron chi connectivity index (χ0n) is 6.61. The SMILES string of the molecule is COCCc1ncc(C(=O)O)s1. The molecule has 0 saturated heterocycles. The van der Waals surface area contributed by atoms with Gasteiger partial charge in [-0.15, -0.1) is 11.3 Å². The van der Waals surface area contributed by atoms with Crippen molar-refractivity contribution >= 4 is 17.3 Å². The monoisotopic (exact) mass is 187 g/mol. The van der Waals surface area contributed by atoms with Crippen LogP contribution < -0.4 is 0 Å². The van der Waals surface area contributed by atoms with Crippen molar-refractivity contribution in [1.82, 2.24) is 4.98 Å². The van der Waals surface area contributed by atoms with Crippen LogP contribution in [0.4, 0.5) is 0 Å². The molecule has 0 bridgehead atoms. The average molecular weight is 187 g/mol. The summed E-state index contributed by atoms with van der Waals surface area (Å²) < 4.78 is 4.83. The molecule has 0 aromatic carbocycles. The highest BCUT2D eigenvalue weighted by Crippen LogP contribution is 2.12. The quantitative estimate of drug-likeness (QED) is 0.764. The summed E-state index contributed by atoms with van der Waals surface area (Å²) in [5.41, 5.74) is 0. The van der Waals surface area contributed by atoms with Crippen LogP contribution in [0.2, 0.25) is 0 Å². The Labute approximate surface area is 73.8 Å². The van der Waals surface area contributed by atoms with E-state index in [1.807, 2.05) is 0 Å². The van der Waals surface area contributed by atoms with Crippen LogP contribution in [0.25, 0.3) is 0 Å². The topological polar surface area (TPSA) is 59.4 Å². The Morgan fingerprint density at radius 1 is 1.83 bits per heavy atom. The second-order valence-corrected chi connectivity index (χ2v) is 3.28. The second-order valence-electron chi connectivity index (χ2n) is 2.17. The lowest BCUT2D eigenvalue weighted by Crippen LogP contribution is -1.92. The summed E-state index contributed by atoms with van der Waals surface area (Å²) in [6.07, 6.45) is 2.05. The molecule has 12 heavy (non-hydrogen) atoms. The lowest BCUT2D eigenvalue weighted by atomic mass is 10.5. The number of ether oxygens (including phenoxy) is 1. The molecule has 66 valence electrons. The number of rotatable bonds is 4. The van der Waals surface area contributed by atoms with Crippen LogP contribution in [0.3, 0.4) is 0 Å². The molecule has 0 fully saturated rings. The maximum atomic E-state index is 10.4. The maximum Gasteiger partial charge on any atom is 0.347 e. The Morgan fingerprint density at radius 2 is 2.58 bits per heavy atom. The van der Waals surface area contributed by atoms with E-state index in [2.05, 4.69) is 4.98 Å². The molecule has 0 unspecified atom stereocenters. The van der Waals surface area contributed by atoms with E-state index in [1.165, 1.54) is 17.5 Å². The van der Waals surface area contributed by atoms with E-state index in [0.29, 0.717) is 13.0 Å². The highest BCUT2D eigenvalue weighted by Gasteiger charge is 2.07. The first kappa shape index (κ1) is 9.15. The Kier molecular flexibility index (Phi) is 3.19. The third-order valence-corrected chi connectivity index (χ3v) is 2.33. The van der Waals surface area contributed by atoms with E-state index in [1.54, 1.807) is 7.11 Å². The number of carboxylic acid groups (broad SMARTS) is 1.